The summed E-state index contributed by atoms with van der Waals surface area (Å²) in [6.07, 6.45) is 1.94. The van der Waals surface area contributed by atoms with Crippen LogP contribution in [0.3, 0.4) is 0 Å². The fourth-order valence-electron chi connectivity index (χ4n) is 2.38. The third-order valence-corrected chi connectivity index (χ3v) is 3.99. The van der Waals surface area contributed by atoms with Crippen molar-refractivity contribution in [3.8, 4) is 0 Å². The number of rotatable bonds is 3. The summed E-state index contributed by atoms with van der Waals surface area (Å²) in [6.45, 7) is 1.91. The van der Waals surface area contributed by atoms with E-state index in [1.807, 2.05) is 4.90 Å². The summed E-state index contributed by atoms with van der Waals surface area (Å²) in [5.74, 6) is -0.819. The van der Waals surface area contributed by atoms with E-state index >= 15 is 0 Å². The number of benzene rings is 1. The van der Waals surface area contributed by atoms with Crippen LogP contribution in [0.25, 0.3) is 0 Å². The van der Waals surface area contributed by atoms with Crippen LogP contribution in [0, 0.1) is 17.6 Å². The molecule has 1 atom stereocenters. The minimum atomic E-state index is -0.527. The molecule has 1 unspecified atom stereocenters. The molecule has 1 aromatic carbocycles. The molecule has 1 heterocycles. The largest absolute Gasteiger partial charge is 0.396 e. The Labute approximate surface area is 114 Å². The third kappa shape index (κ3) is 3.08. The fourth-order valence-corrected chi connectivity index (χ4v) is 2.75. The average molecular weight is 320 g/mol. The number of aliphatic hydroxyl groups excluding tert-OH is 1. The van der Waals surface area contributed by atoms with Crippen LogP contribution in [0.4, 0.5) is 8.78 Å². The lowest BCUT2D eigenvalue weighted by molar-refractivity contribution is 0.114. The van der Waals surface area contributed by atoms with Crippen LogP contribution in [0.1, 0.15) is 18.4 Å². The molecule has 0 saturated carbocycles. The normalized spacial score (nSPS) is 21.2. The lowest BCUT2D eigenvalue weighted by Gasteiger charge is -2.31. The first-order chi connectivity index (χ1) is 8.61. The van der Waals surface area contributed by atoms with E-state index < -0.39 is 11.6 Å². The molecular formula is C13H16BrF2NO. The first-order valence-electron chi connectivity index (χ1n) is 6.07. The van der Waals surface area contributed by atoms with E-state index in [0.717, 1.165) is 19.4 Å². The molecule has 0 bridgehead atoms. The molecule has 0 aliphatic carbocycles. The molecule has 2 nitrogen and oxygen atoms in total. The van der Waals surface area contributed by atoms with Gasteiger partial charge in [-0.25, -0.2) is 8.78 Å². The van der Waals surface area contributed by atoms with Gasteiger partial charge in [-0.15, -0.1) is 0 Å². The van der Waals surface area contributed by atoms with E-state index in [0.29, 0.717) is 6.54 Å². The van der Waals surface area contributed by atoms with Crippen molar-refractivity contribution in [2.75, 3.05) is 19.7 Å². The van der Waals surface area contributed by atoms with Crippen molar-refractivity contribution in [1.29, 1.82) is 0 Å². The van der Waals surface area contributed by atoms with Crippen LogP contribution in [0.5, 0.6) is 0 Å². The van der Waals surface area contributed by atoms with Crippen LogP contribution >= 0.6 is 15.9 Å². The summed E-state index contributed by atoms with van der Waals surface area (Å²) in [7, 11) is 0. The Hall–Kier alpha value is -0.520. The molecule has 1 aromatic rings. The molecule has 1 saturated heterocycles. The summed E-state index contributed by atoms with van der Waals surface area (Å²) in [4.78, 5) is 2.00. The number of nitrogens with zero attached hydrogens (tertiary/aromatic N) is 1. The predicted molar refractivity (Wildman–Crippen MR) is 69.1 cm³/mol. The smallest absolute Gasteiger partial charge is 0.144 e. The Kier molecular flexibility index (Phi) is 4.70. The number of piperidine rings is 1. The van der Waals surface area contributed by atoms with Crippen molar-refractivity contribution in [2.45, 2.75) is 19.4 Å². The maximum absolute atomic E-state index is 13.8. The highest BCUT2D eigenvalue weighted by molar-refractivity contribution is 9.10. The standard InChI is InChI=1S/C13H16BrF2NO/c14-11-3-4-12(15)10(13(11)16)7-17-5-1-2-9(6-17)8-18/h3-4,9,18H,1-2,5-8H2. The van der Waals surface area contributed by atoms with Gasteiger partial charge in [-0.05, 0) is 53.4 Å². The SMILES string of the molecule is OCC1CCCN(Cc2c(F)ccc(Br)c2F)C1. The molecule has 0 radical (unpaired) electrons. The Balaban J connectivity index is 2.11. The van der Waals surface area contributed by atoms with Gasteiger partial charge in [0, 0.05) is 25.3 Å². The maximum Gasteiger partial charge on any atom is 0.144 e. The number of hydrogen-bond acceptors (Lipinski definition) is 2. The van der Waals surface area contributed by atoms with Gasteiger partial charge in [0.1, 0.15) is 11.6 Å². The molecule has 5 heteroatoms. The zero-order valence-electron chi connectivity index (χ0n) is 10.0. The van der Waals surface area contributed by atoms with Gasteiger partial charge in [0.15, 0.2) is 0 Å². The Bertz CT molecular complexity index is 428. The lowest BCUT2D eigenvalue weighted by atomic mass is 9.98. The lowest BCUT2D eigenvalue weighted by Crippen LogP contribution is -2.36. The highest BCUT2D eigenvalue weighted by Crippen LogP contribution is 2.25. The van der Waals surface area contributed by atoms with Gasteiger partial charge in [-0.3, -0.25) is 4.90 Å². The molecule has 1 fully saturated rings. The summed E-state index contributed by atoms with van der Waals surface area (Å²) in [5, 5.41) is 9.15. The highest BCUT2D eigenvalue weighted by atomic mass is 79.9. The van der Waals surface area contributed by atoms with Crippen molar-refractivity contribution < 1.29 is 13.9 Å². The van der Waals surface area contributed by atoms with E-state index in [1.54, 1.807) is 0 Å². The minimum Gasteiger partial charge on any atom is -0.396 e. The summed E-state index contributed by atoms with van der Waals surface area (Å²) in [5.41, 5.74) is 0.1000. The second-order valence-electron chi connectivity index (χ2n) is 4.75. The zero-order chi connectivity index (χ0) is 13.1. The quantitative estimate of drug-likeness (QED) is 0.866. The monoisotopic (exact) mass is 319 g/mol. The number of likely N-dealkylation sites (tertiary alicyclic amines) is 1. The summed E-state index contributed by atoms with van der Waals surface area (Å²) in [6, 6.07) is 2.65. The van der Waals surface area contributed by atoms with Crippen molar-refractivity contribution >= 4 is 15.9 Å². The van der Waals surface area contributed by atoms with Gasteiger partial charge >= 0.3 is 0 Å². The molecule has 1 aliphatic heterocycles. The van der Waals surface area contributed by atoms with E-state index in [-0.39, 0.29) is 29.1 Å². The molecule has 18 heavy (non-hydrogen) atoms. The highest BCUT2D eigenvalue weighted by Gasteiger charge is 2.22. The Morgan fingerprint density at radius 2 is 2.17 bits per heavy atom. The van der Waals surface area contributed by atoms with Gasteiger partial charge in [-0.1, -0.05) is 0 Å². The third-order valence-electron chi connectivity index (χ3n) is 3.38. The van der Waals surface area contributed by atoms with Gasteiger partial charge in [0.05, 0.1) is 4.47 Å². The molecular weight excluding hydrogens is 304 g/mol. The zero-order valence-corrected chi connectivity index (χ0v) is 11.6. The summed E-state index contributed by atoms with van der Waals surface area (Å²) < 4.78 is 27.7. The predicted octanol–water partition coefficient (Wildman–Crippen LogP) is 2.93. The van der Waals surface area contributed by atoms with Gasteiger partial charge < -0.3 is 5.11 Å². The Morgan fingerprint density at radius 1 is 1.39 bits per heavy atom. The molecule has 0 spiro atoms. The van der Waals surface area contributed by atoms with Gasteiger partial charge in [0.2, 0.25) is 0 Å². The van der Waals surface area contributed by atoms with Crippen molar-refractivity contribution in [3.63, 3.8) is 0 Å². The van der Waals surface area contributed by atoms with Gasteiger partial charge in [-0.2, -0.15) is 0 Å². The minimum absolute atomic E-state index is 0.1000. The molecule has 0 aromatic heterocycles. The average Bonchev–Trinajstić information content (AvgIpc) is 2.39. The van der Waals surface area contributed by atoms with Gasteiger partial charge in [0.25, 0.3) is 0 Å². The Morgan fingerprint density at radius 3 is 2.89 bits per heavy atom. The summed E-state index contributed by atoms with van der Waals surface area (Å²) >= 11 is 3.07. The first kappa shape index (κ1) is 13.9. The topological polar surface area (TPSA) is 23.5 Å². The second-order valence-corrected chi connectivity index (χ2v) is 5.60. The second kappa shape index (κ2) is 6.08. The van der Waals surface area contributed by atoms with E-state index in [2.05, 4.69) is 15.9 Å². The molecule has 0 amide bonds. The number of hydrogen-bond donors (Lipinski definition) is 1. The van der Waals surface area contributed by atoms with Crippen LogP contribution in [-0.4, -0.2) is 29.7 Å². The molecule has 100 valence electrons. The van der Waals surface area contributed by atoms with E-state index in [4.69, 9.17) is 5.11 Å². The molecule has 2 rings (SSSR count). The first-order valence-corrected chi connectivity index (χ1v) is 6.86. The van der Waals surface area contributed by atoms with Crippen LogP contribution in [0.2, 0.25) is 0 Å². The van der Waals surface area contributed by atoms with Crippen LogP contribution < -0.4 is 0 Å². The van der Waals surface area contributed by atoms with Crippen molar-refractivity contribution in [1.82, 2.24) is 4.90 Å². The fraction of sp³-hybridized carbons (Fsp3) is 0.538. The van der Waals surface area contributed by atoms with E-state index in [9.17, 15) is 8.78 Å². The number of aliphatic hydroxyl groups is 1. The molecule has 1 aliphatic rings. The van der Waals surface area contributed by atoms with Crippen molar-refractivity contribution in [3.05, 3.63) is 33.8 Å². The van der Waals surface area contributed by atoms with Crippen LogP contribution in [-0.2, 0) is 6.54 Å². The van der Waals surface area contributed by atoms with Crippen molar-refractivity contribution in [2.24, 2.45) is 5.92 Å². The maximum atomic E-state index is 13.8. The van der Waals surface area contributed by atoms with Crippen LogP contribution in [0.15, 0.2) is 16.6 Å². The van der Waals surface area contributed by atoms with E-state index in [1.165, 1.54) is 12.1 Å². The number of halogens is 3. The molecule has 1 N–H and O–H groups in total.